The lowest BCUT2D eigenvalue weighted by Gasteiger charge is -2.23. The lowest BCUT2D eigenvalue weighted by Crippen LogP contribution is -2.36. The van der Waals surface area contributed by atoms with Gasteiger partial charge in [0, 0.05) is 25.3 Å². The fourth-order valence-corrected chi connectivity index (χ4v) is 2.39. The van der Waals surface area contributed by atoms with Crippen LogP contribution in [0.2, 0.25) is 0 Å². The maximum absolute atomic E-state index is 12.2. The van der Waals surface area contributed by atoms with Crippen LogP contribution in [0.1, 0.15) is 31.7 Å². The highest BCUT2D eigenvalue weighted by Gasteiger charge is 2.26. The van der Waals surface area contributed by atoms with Gasteiger partial charge in [-0.3, -0.25) is 0 Å². The van der Waals surface area contributed by atoms with E-state index in [1.165, 1.54) is 0 Å². The average Bonchev–Trinajstić information content (AvgIpc) is 2.60. The van der Waals surface area contributed by atoms with E-state index in [1.807, 2.05) is 31.2 Å². The molecule has 5 heteroatoms. The van der Waals surface area contributed by atoms with Crippen molar-refractivity contribution in [3.8, 4) is 0 Å². The van der Waals surface area contributed by atoms with Crippen LogP contribution in [0.5, 0.6) is 0 Å². The Balaban J connectivity index is 1.93. The van der Waals surface area contributed by atoms with Gasteiger partial charge in [0.1, 0.15) is 0 Å². The molecule has 1 heterocycles. The van der Waals surface area contributed by atoms with Gasteiger partial charge < -0.3 is 21.1 Å². The van der Waals surface area contributed by atoms with E-state index < -0.39 is 5.60 Å². The zero-order valence-corrected chi connectivity index (χ0v) is 11.9. The van der Waals surface area contributed by atoms with Crippen molar-refractivity contribution in [2.45, 2.75) is 38.3 Å². The van der Waals surface area contributed by atoms with Gasteiger partial charge in [-0.2, -0.15) is 0 Å². The number of rotatable bonds is 2. The maximum atomic E-state index is 12.2. The Morgan fingerprint density at radius 1 is 1.35 bits per heavy atom. The predicted octanol–water partition coefficient (Wildman–Crippen LogP) is 1.91. The highest BCUT2D eigenvalue weighted by molar-refractivity contribution is 5.89. The number of urea groups is 1. The van der Waals surface area contributed by atoms with Gasteiger partial charge in [-0.15, -0.1) is 0 Å². The second-order valence-electron chi connectivity index (χ2n) is 5.67. The molecular formula is C15H23N3O2. The number of hydrogen-bond donors (Lipinski definition) is 3. The quantitative estimate of drug-likeness (QED) is 0.772. The minimum atomic E-state index is -0.655. The van der Waals surface area contributed by atoms with Crippen LogP contribution in [-0.4, -0.2) is 34.7 Å². The molecule has 1 unspecified atom stereocenters. The van der Waals surface area contributed by atoms with Crippen LogP contribution in [0, 0.1) is 0 Å². The standard InChI is InChI=1S/C15H23N3O2/c1-15(20)7-2-9-18(10-8-15)14(19)17-13-5-3-12(11-16)4-6-13/h3-6,20H,2,7-11,16H2,1H3,(H,17,19). The number of aliphatic hydroxyl groups is 1. The number of likely N-dealkylation sites (tertiary alicyclic amines) is 1. The third-order valence-electron chi connectivity index (χ3n) is 3.79. The molecule has 20 heavy (non-hydrogen) atoms. The molecule has 1 aromatic carbocycles. The number of nitrogens with zero attached hydrogens (tertiary/aromatic N) is 1. The molecule has 1 aliphatic rings. The summed E-state index contributed by atoms with van der Waals surface area (Å²) in [7, 11) is 0. The van der Waals surface area contributed by atoms with Gasteiger partial charge in [0.2, 0.25) is 0 Å². The smallest absolute Gasteiger partial charge is 0.321 e. The van der Waals surface area contributed by atoms with Crippen LogP contribution < -0.4 is 11.1 Å². The number of nitrogens with one attached hydrogen (secondary N) is 1. The van der Waals surface area contributed by atoms with Gasteiger partial charge >= 0.3 is 6.03 Å². The molecule has 0 spiro atoms. The number of carbonyl (C=O) groups is 1. The van der Waals surface area contributed by atoms with E-state index in [1.54, 1.807) is 4.90 Å². The summed E-state index contributed by atoms with van der Waals surface area (Å²) in [6, 6.07) is 7.41. The molecule has 0 bridgehead atoms. The molecule has 0 saturated carbocycles. The first-order valence-electron chi connectivity index (χ1n) is 7.07. The summed E-state index contributed by atoms with van der Waals surface area (Å²) in [5, 5.41) is 12.9. The molecule has 0 aromatic heterocycles. The minimum absolute atomic E-state index is 0.108. The number of amides is 2. The summed E-state index contributed by atoms with van der Waals surface area (Å²) >= 11 is 0. The van der Waals surface area contributed by atoms with Crippen LogP contribution in [0.25, 0.3) is 0 Å². The molecule has 5 nitrogen and oxygen atoms in total. The Morgan fingerprint density at radius 3 is 2.70 bits per heavy atom. The highest BCUT2D eigenvalue weighted by atomic mass is 16.3. The molecule has 1 saturated heterocycles. The molecule has 4 N–H and O–H groups in total. The van der Waals surface area contributed by atoms with Gasteiger partial charge in [0.25, 0.3) is 0 Å². The summed E-state index contributed by atoms with van der Waals surface area (Å²) in [6.45, 7) is 3.60. The Morgan fingerprint density at radius 2 is 2.05 bits per heavy atom. The molecule has 1 aromatic rings. The molecule has 0 radical (unpaired) electrons. The molecule has 110 valence electrons. The maximum Gasteiger partial charge on any atom is 0.321 e. The summed E-state index contributed by atoms with van der Waals surface area (Å²) < 4.78 is 0. The third kappa shape index (κ3) is 3.95. The molecule has 1 atom stereocenters. The van der Waals surface area contributed by atoms with Crippen LogP contribution in [0.3, 0.4) is 0 Å². The largest absolute Gasteiger partial charge is 0.390 e. The van der Waals surface area contributed by atoms with E-state index in [-0.39, 0.29) is 6.03 Å². The number of nitrogens with two attached hydrogens (primary N) is 1. The van der Waals surface area contributed by atoms with Crippen LogP contribution >= 0.6 is 0 Å². The second-order valence-corrected chi connectivity index (χ2v) is 5.67. The first kappa shape index (κ1) is 14.8. The van der Waals surface area contributed by atoms with Gasteiger partial charge in [-0.25, -0.2) is 4.79 Å². The summed E-state index contributed by atoms with van der Waals surface area (Å²) in [5.41, 5.74) is 6.69. The summed E-state index contributed by atoms with van der Waals surface area (Å²) in [4.78, 5) is 14.0. The van der Waals surface area contributed by atoms with E-state index in [0.29, 0.717) is 26.1 Å². The van der Waals surface area contributed by atoms with Gasteiger partial charge in [0.05, 0.1) is 5.60 Å². The van der Waals surface area contributed by atoms with Crippen LogP contribution in [0.4, 0.5) is 10.5 Å². The molecular weight excluding hydrogens is 254 g/mol. The lowest BCUT2D eigenvalue weighted by molar-refractivity contribution is 0.0458. The van der Waals surface area contributed by atoms with Gasteiger partial charge in [-0.1, -0.05) is 12.1 Å². The number of benzene rings is 1. The molecule has 2 rings (SSSR count). The topological polar surface area (TPSA) is 78.6 Å². The highest BCUT2D eigenvalue weighted by Crippen LogP contribution is 2.22. The molecule has 1 fully saturated rings. The SMILES string of the molecule is CC1(O)CCCN(C(=O)Nc2ccc(CN)cc2)CC1. The lowest BCUT2D eigenvalue weighted by atomic mass is 9.98. The van der Waals surface area contributed by atoms with E-state index in [0.717, 1.165) is 24.1 Å². The summed E-state index contributed by atoms with van der Waals surface area (Å²) in [6.07, 6.45) is 2.18. The molecule has 2 amide bonds. The Bertz CT molecular complexity index is 457. The van der Waals surface area contributed by atoms with Crippen molar-refractivity contribution in [1.29, 1.82) is 0 Å². The average molecular weight is 277 g/mol. The van der Waals surface area contributed by atoms with E-state index in [4.69, 9.17) is 5.73 Å². The van der Waals surface area contributed by atoms with Crippen molar-refractivity contribution in [2.24, 2.45) is 5.73 Å². The zero-order valence-electron chi connectivity index (χ0n) is 11.9. The van der Waals surface area contributed by atoms with Crippen molar-refractivity contribution in [3.05, 3.63) is 29.8 Å². The Hall–Kier alpha value is -1.59. The minimum Gasteiger partial charge on any atom is -0.390 e. The fourth-order valence-electron chi connectivity index (χ4n) is 2.39. The van der Waals surface area contributed by atoms with E-state index in [2.05, 4.69) is 5.32 Å². The number of carbonyl (C=O) groups excluding carboxylic acids is 1. The van der Waals surface area contributed by atoms with Crippen molar-refractivity contribution >= 4 is 11.7 Å². The molecule has 1 aliphatic heterocycles. The van der Waals surface area contributed by atoms with Gasteiger partial charge in [-0.05, 0) is 43.9 Å². The second kappa shape index (κ2) is 6.24. The Kier molecular flexibility index (Phi) is 4.62. The van der Waals surface area contributed by atoms with Crippen molar-refractivity contribution in [1.82, 2.24) is 4.90 Å². The van der Waals surface area contributed by atoms with Crippen LogP contribution in [-0.2, 0) is 6.54 Å². The predicted molar refractivity (Wildman–Crippen MR) is 79.4 cm³/mol. The van der Waals surface area contributed by atoms with E-state index in [9.17, 15) is 9.90 Å². The summed E-state index contributed by atoms with van der Waals surface area (Å²) in [5.74, 6) is 0. The van der Waals surface area contributed by atoms with E-state index >= 15 is 0 Å². The monoisotopic (exact) mass is 277 g/mol. The first-order chi connectivity index (χ1) is 9.50. The third-order valence-corrected chi connectivity index (χ3v) is 3.79. The van der Waals surface area contributed by atoms with Crippen molar-refractivity contribution in [2.75, 3.05) is 18.4 Å². The fraction of sp³-hybridized carbons (Fsp3) is 0.533. The number of anilines is 1. The van der Waals surface area contributed by atoms with Crippen molar-refractivity contribution < 1.29 is 9.90 Å². The zero-order chi connectivity index (χ0) is 14.6. The van der Waals surface area contributed by atoms with Crippen LogP contribution in [0.15, 0.2) is 24.3 Å². The number of hydrogen-bond acceptors (Lipinski definition) is 3. The molecule has 0 aliphatic carbocycles. The first-order valence-corrected chi connectivity index (χ1v) is 7.07. The Labute approximate surface area is 119 Å². The normalized spacial score (nSPS) is 23.2. The van der Waals surface area contributed by atoms with Gasteiger partial charge in [0.15, 0.2) is 0 Å². The van der Waals surface area contributed by atoms with Crippen molar-refractivity contribution in [3.63, 3.8) is 0 Å².